The molecule has 6 nitrogen and oxygen atoms in total. The van der Waals surface area contributed by atoms with Crippen LogP contribution in [-0.4, -0.2) is 41.1 Å². The van der Waals surface area contributed by atoms with Crippen molar-refractivity contribution in [1.82, 2.24) is 9.88 Å². The quantitative estimate of drug-likeness (QED) is 0.611. The van der Waals surface area contributed by atoms with Crippen molar-refractivity contribution in [2.75, 3.05) is 18.6 Å². The van der Waals surface area contributed by atoms with Gasteiger partial charge in [-0.05, 0) is 19.9 Å². The fourth-order valence-corrected chi connectivity index (χ4v) is 2.05. The summed E-state index contributed by atoms with van der Waals surface area (Å²) in [6.45, 7) is 4.63. The number of ether oxygens (including phenoxy) is 1. The monoisotopic (exact) mass is 268 g/mol. The van der Waals surface area contributed by atoms with E-state index in [0.29, 0.717) is 13.2 Å². The van der Waals surface area contributed by atoms with Crippen LogP contribution in [0.1, 0.15) is 24.2 Å². The number of hydrazine groups is 1. The molecule has 0 saturated carbocycles. The van der Waals surface area contributed by atoms with Crippen LogP contribution in [0.2, 0.25) is 0 Å². The van der Waals surface area contributed by atoms with Gasteiger partial charge in [-0.25, -0.2) is 15.2 Å². The summed E-state index contributed by atoms with van der Waals surface area (Å²) in [6.07, 6.45) is 1.29. The van der Waals surface area contributed by atoms with Gasteiger partial charge in [0.15, 0.2) is 11.6 Å². The number of morpholine rings is 1. The number of nitrogens with one attached hydrogen (secondary N) is 1. The van der Waals surface area contributed by atoms with E-state index in [2.05, 4.69) is 10.4 Å². The minimum Gasteiger partial charge on any atom is -0.375 e. The van der Waals surface area contributed by atoms with Crippen LogP contribution in [0.3, 0.4) is 0 Å². The molecule has 1 aromatic rings. The number of nitrogens with zero attached hydrogens (tertiary/aromatic N) is 2. The first kappa shape index (κ1) is 13.7. The van der Waals surface area contributed by atoms with Crippen LogP contribution in [0.25, 0.3) is 0 Å². The van der Waals surface area contributed by atoms with E-state index >= 15 is 0 Å². The average molecular weight is 268 g/mol. The van der Waals surface area contributed by atoms with Gasteiger partial charge >= 0.3 is 0 Å². The fourth-order valence-electron chi connectivity index (χ4n) is 2.05. The maximum Gasteiger partial charge on any atom is 0.257 e. The molecule has 19 heavy (non-hydrogen) atoms. The van der Waals surface area contributed by atoms with Gasteiger partial charge < -0.3 is 15.1 Å². The lowest BCUT2D eigenvalue weighted by molar-refractivity contribution is -0.0388. The Kier molecular flexibility index (Phi) is 3.96. The molecule has 2 heterocycles. The Labute approximate surface area is 110 Å². The van der Waals surface area contributed by atoms with E-state index in [1.54, 1.807) is 4.90 Å². The molecule has 1 fully saturated rings. The van der Waals surface area contributed by atoms with E-state index in [-0.39, 0.29) is 29.4 Å². The van der Waals surface area contributed by atoms with Gasteiger partial charge in [0, 0.05) is 12.7 Å². The summed E-state index contributed by atoms with van der Waals surface area (Å²) in [5.41, 5.74) is 2.09. The number of nitrogen functional groups attached to an aromatic ring is 1. The number of halogens is 1. The van der Waals surface area contributed by atoms with E-state index in [9.17, 15) is 9.18 Å². The number of hydrogen-bond donors (Lipinski definition) is 2. The number of pyridine rings is 1. The van der Waals surface area contributed by atoms with E-state index in [1.165, 1.54) is 12.3 Å². The molecule has 1 saturated heterocycles. The molecule has 0 aliphatic carbocycles. The third kappa shape index (κ3) is 2.66. The van der Waals surface area contributed by atoms with Gasteiger partial charge in [0.2, 0.25) is 0 Å². The van der Waals surface area contributed by atoms with Gasteiger partial charge in [0.1, 0.15) is 0 Å². The summed E-state index contributed by atoms with van der Waals surface area (Å²) >= 11 is 0. The van der Waals surface area contributed by atoms with Crippen molar-refractivity contribution >= 4 is 11.7 Å². The highest BCUT2D eigenvalue weighted by Gasteiger charge is 2.30. The van der Waals surface area contributed by atoms with Crippen LogP contribution < -0.4 is 11.3 Å². The number of hydrogen-bond acceptors (Lipinski definition) is 5. The summed E-state index contributed by atoms with van der Waals surface area (Å²) in [6, 6.07) is 1.26. The van der Waals surface area contributed by atoms with Crippen LogP contribution in [0.5, 0.6) is 0 Å². The second-order valence-corrected chi connectivity index (χ2v) is 4.62. The van der Waals surface area contributed by atoms with Crippen molar-refractivity contribution in [1.29, 1.82) is 0 Å². The number of carbonyl (C=O) groups is 1. The zero-order valence-corrected chi connectivity index (χ0v) is 10.9. The molecule has 2 atom stereocenters. The summed E-state index contributed by atoms with van der Waals surface area (Å²) in [5, 5.41) is 0. The molecule has 7 heteroatoms. The minimum absolute atomic E-state index is 0.0381. The number of rotatable bonds is 2. The van der Waals surface area contributed by atoms with Crippen molar-refractivity contribution in [3.63, 3.8) is 0 Å². The Balaban J connectivity index is 2.28. The van der Waals surface area contributed by atoms with Crippen LogP contribution in [0.15, 0.2) is 12.3 Å². The molecule has 0 aromatic carbocycles. The zero-order chi connectivity index (χ0) is 14.0. The van der Waals surface area contributed by atoms with Crippen molar-refractivity contribution in [2.45, 2.75) is 26.0 Å². The molecule has 1 aliphatic heterocycles. The predicted molar refractivity (Wildman–Crippen MR) is 67.9 cm³/mol. The summed E-state index contributed by atoms with van der Waals surface area (Å²) in [4.78, 5) is 17.7. The highest BCUT2D eigenvalue weighted by atomic mass is 19.1. The lowest BCUT2D eigenvalue weighted by Gasteiger charge is -2.36. The Morgan fingerprint density at radius 1 is 1.63 bits per heavy atom. The summed E-state index contributed by atoms with van der Waals surface area (Å²) < 4.78 is 19.5. The van der Waals surface area contributed by atoms with Gasteiger partial charge in [-0.2, -0.15) is 0 Å². The molecule has 2 rings (SSSR count). The van der Waals surface area contributed by atoms with E-state index in [4.69, 9.17) is 10.6 Å². The number of aromatic nitrogens is 1. The summed E-state index contributed by atoms with van der Waals surface area (Å²) in [5.74, 6) is 3.90. The topological polar surface area (TPSA) is 80.5 Å². The molecule has 104 valence electrons. The maximum absolute atomic E-state index is 14.0. The largest absolute Gasteiger partial charge is 0.375 e. The SMILES string of the molecule is CC1CN(C(=O)c2ccnc(NN)c2F)C(C)CO1. The standard InChI is InChI=1S/C12H17FN4O2/c1-7-6-19-8(2)5-17(7)12(18)9-3-4-15-11(16-14)10(9)13/h3-4,7-8H,5-6,14H2,1-2H3,(H,15,16). The predicted octanol–water partition coefficient (Wildman–Crippen LogP) is 0.756. The Morgan fingerprint density at radius 3 is 3.05 bits per heavy atom. The van der Waals surface area contributed by atoms with Crippen LogP contribution in [-0.2, 0) is 4.74 Å². The molecule has 0 radical (unpaired) electrons. The molecule has 2 unspecified atom stereocenters. The minimum atomic E-state index is -0.735. The van der Waals surface area contributed by atoms with Crippen molar-refractivity contribution in [3.8, 4) is 0 Å². The van der Waals surface area contributed by atoms with Gasteiger partial charge in [-0.15, -0.1) is 0 Å². The molecule has 1 aliphatic rings. The second-order valence-electron chi connectivity index (χ2n) is 4.62. The van der Waals surface area contributed by atoms with E-state index < -0.39 is 5.82 Å². The molecule has 0 bridgehead atoms. The molecular weight excluding hydrogens is 251 g/mol. The number of amides is 1. The molecule has 0 spiro atoms. The number of anilines is 1. The fraction of sp³-hybridized carbons (Fsp3) is 0.500. The highest BCUT2D eigenvalue weighted by molar-refractivity contribution is 5.95. The molecule has 1 aromatic heterocycles. The Morgan fingerprint density at radius 2 is 2.37 bits per heavy atom. The summed E-state index contributed by atoms with van der Waals surface area (Å²) in [7, 11) is 0. The van der Waals surface area contributed by atoms with Gasteiger partial charge in [0.25, 0.3) is 5.91 Å². The van der Waals surface area contributed by atoms with Crippen molar-refractivity contribution in [2.24, 2.45) is 5.84 Å². The first-order valence-corrected chi connectivity index (χ1v) is 6.08. The number of nitrogens with two attached hydrogens (primary N) is 1. The molecular formula is C12H17FN4O2. The first-order chi connectivity index (χ1) is 9.04. The normalized spacial score (nSPS) is 23.3. The highest BCUT2D eigenvalue weighted by Crippen LogP contribution is 2.20. The van der Waals surface area contributed by atoms with Gasteiger partial charge in [-0.1, -0.05) is 0 Å². The van der Waals surface area contributed by atoms with Gasteiger partial charge in [0.05, 0.1) is 24.3 Å². The third-order valence-electron chi connectivity index (χ3n) is 3.13. The maximum atomic E-state index is 14.0. The zero-order valence-electron chi connectivity index (χ0n) is 10.9. The average Bonchev–Trinajstić information content (AvgIpc) is 2.41. The Bertz CT molecular complexity index is 483. The van der Waals surface area contributed by atoms with Crippen molar-refractivity contribution < 1.29 is 13.9 Å². The van der Waals surface area contributed by atoms with Crippen LogP contribution >= 0.6 is 0 Å². The Hall–Kier alpha value is -1.73. The lowest BCUT2D eigenvalue weighted by Crippen LogP contribution is -2.50. The molecule has 1 amide bonds. The number of carbonyl (C=O) groups excluding carboxylic acids is 1. The second kappa shape index (κ2) is 5.50. The lowest BCUT2D eigenvalue weighted by atomic mass is 10.1. The smallest absolute Gasteiger partial charge is 0.257 e. The molecule has 3 N–H and O–H groups in total. The van der Waals surface area contributed by atoms with E-state index in [0.717, 1.165) is 0 Å². The van der Waals surface area contributed by atoms with E-state index in [1.807, 2.05) is 13.8 Å². The first-order valence-electron chi connectivity index (χ1n) is 6.08. The third-order valence-corrected chi connectivity index (χ3v) is 3.13. The van der Waals surface area contributed by atoms with Crippen LogP contribution in [0, 0.1) is 5.82 Å². The van der Waals surface area contributed by atoms with Gasteiger partial charge in [-0.3, -0.25) is 4.79 Å². The van der Waals surface area contributed by atoms with Crippen molar-refractivity contribution in [3.05, 3.63) is 23.6 Å². The van der Waals surface area contributed by atoms with Crippen LogP contribution in [0.4, 0.5) is 10.2 Å².